The molecule has 1 saturated heterocycles. The average Bonchev–Trinajstić information content (AvgIpc) is 3.37. The van der Waals surface area contributed by atoms with Gasteiger partial charge in [-0.1, -0.05) is 37.1 Å². The molecule has 0 radical (unpaired) electrons. The number of carbonyl (C=O) groups excluding carboxylic acids is 3. The molecule has 1 unspecified atom stereocenters. The lowest BCUT2D eigenvalue weighted by Crippen LogP contribution is -2.50. The molecule has 1 aromatic heterocycles. The van der Waals surface area contributed by atoms with Gasteiger partial charge < -0.3 is 10.6 Å². The zero-order valence-electron chi connectivity index (χ0n) is 17.4. The number of nitrogens with zero attached hydrogens (tertiary/aromatic N) is 1. The fourth-order valence-electron chi connectivity index (χ4n) is 4.54. The van der Waals surface area contributed by atoms with E-state index in [1.54, 1.807) is 12.1 Å². The number of carbonyl (C=O) groups is 3. The standard InChI is InChI=1S/C23H26ClN3O3S/c1-2-15-7-10-23(11-8-15)21(29)27(22(30)26-23)13-19(28)25-20(17-9-12-31-14-17)16-3-5-18(24)6-4-16/h3-6,9,12,14-15,20H,2,7-8,10-11,13H2,1H3,(H,25,28)(H,26,30). The van der Waals surface area contributed by atoms with E-state index in [4.69, 9.17) is 11.6 Å². The molecule has 1 atom stereocenters. The second-order valence-corrected chi connectivity index (χ2v) is 9.58. The zero-order chi connectivity index (χ0) is 22.0. The van der Waals surface area contributed by atoms with Crippen LogP contribution in [0, 0.1) is 5.92 Å². The van der Waals surface area contributed by atoms with E-state index in [0.717, 1.165) is 35.3 Å². The highest BCUT2D eigenvalue weighted by Gasteiger charge is 2.52. The maximum absolute atomic E-state index is 13.1. The van der Waals surface area contributed by atoms with Gasteiger partial charge in [0, 0.05) is 5.02 Å². The highest BCUT2D eigenvalue weighted by Crippen LogP contribution is 2.37. The second kappa shape index (κ2) is 9.01. The van der Waals surface area contributed by atoms with E-state index in [1.165, 1.54) is 11.3 Å². The molecule has 2 aromatic rings. The monoisotopic (exact) mass is 459 g/mol. The van der Waals surface area contributed by atoms with Crippen LogP contribution in [-0.2, 0) is 9.59 Å². The Morgan fingerprint density at radius 1 is 1.23 bits per heavy atom. The summed E-state index contributed by atoms with van der Waals surface area (Å²) in [6.07, 6.45) is 4.19. The third-order valence-electron chi connectivity index (χ3n) is 6.47. The summed E-state index contributed by atoms with van der Waals surface area (Å²) < 4.78 is 0. The Labute approximate surface area is 191 Å². The predicted octanol–water partition coefficient (Wildman–Crippen LogP) is 4.50. The lowest BCUT2D eigenvalue weighted by Gasteiger charge is -2.34. The summed E-state index contributed by atoms with van der Waals surface area (Å²) in [5, 5.41) is 10.4. The van der Waals surface area contributed by atoms with Gasteiger partial charge in [-0.15, -0.1) is 0 Å². The molecule has 6 nitrogen and oxygen atoms in total. The van der Waals surface area contributed by atoms with E-state index in [9.17, 15) is 14.4 Å². The average molecular weight is 460 g/mol. The molecule has 164 valence electrons. The number of thiophene rings is 1. The Morgan fingerprint density at radius 2 is 1.94 bits per heavy atom. The maximum atomic E-state index is 13.1. The van der Waals surface area contributed by atoms with Crippen LogP contribution in [0.4, 0.5) is 4.79 Å². The molecule has 2 heterocycles. The van der Waals surface area contributed by atoms with Gasteiger partial charge in [-0.05, 0) is 71.7 Å². The third-order valence-corrected chi connectivity index (χ3v) is 7.42. The van der Waals surface area contributed by atoms with Crippen molar-refractivity contribution in [2.45, 2.75) is 50.6 Å². The van der Waals surface area contributed by atoms with Crippen molar-refractivity contribution in [2.75, 3.05) is 6.54 Å². The van der Waals surface area contributed by atoms with Crippen LogP contribution in [-0.4, -0.2) is 34.8 Å². The molecule has 2 N–H and O–H groups in total. The van der Waals surface area contributed by atoms with E-state index in [2.05, 4.69) is 17.6 Å². The summed E-state index contributed by atoms with van der Waals surface area (Å²) in [4.78, 5) is 39.6. The zero-order valence-corrected chi connectivity index (χ0v) is 19.0. The first-order chi connectivity index (χ1) is 14.9. The van der Waals surface area contributed by atoms with Gasteiger partial charge in [0.25, 0.3) is 5.91 Å². The molecule has 4 rings (SSSR count). The maximum Gasteiger partial charge on any atom is 0.325 e. The number of amides is 4. The van der Waals surface area contributed by atoms with E-state index in [1.807, 2.05) is 29.0 Å². The van der Waals surface area contributed by atoms with Crippen LogP contribution in [0.15, 0.2) is 41.1 Å². The SMILES string of the molecule is CCC1CCC2(CC1)NC(=O)N(CC(=O)NC(c1ccc(Cl)cc1)c1ccsc1)C2=O. The number of rotatable bonds is 6. The first-order valence-electron chi connectivity index (χ1n) is 10.6. The van der Waals surface area contributed by atoms with E-state index in [0.29, 0.717) is 23.8 Å². The van der Waals surface area contributed by atoms with Crippen molar-refractivity contribution in [1.29, 1.82) is 0 Å². The number of benzene rings is 1. The number of nitrogens with one attached hydrogen (secondary N) is 2. The number of halogens is 1. The molecule has 0 bridgehead atoms. The molecule has 1 aliphatic heterocycles. The smallest absolute Gasteiger partial charge is 0.325 e. The molecule has 4 amide bonds. The summed E-state index contributed by atoms with van der Waals surface area (Å²) in [5.41, 5.74) is 0.973. The fraction of sp³-hybridized carbons (Fsp3) is 0.435. The van der Waals surface area contributed by atoms with Gasteiger partial charge in [-0.25, -0.2) is 4.79 Å². The van der Waals surface area contributed by atoms with Crippen molar-refractivity contribution < 1.29 is 14.4 Å². The van der Waals surface area contributed by atoms with Crippen molar-refractivity contribution >= 4 is 40.8 Å². The van der Waals surface area contributed by atoms with E-state index >= 15 is 0 Å². The number of hydrogen-bond donors (Lipinski definition) is 2. The summed E-state index contributed by atoms with van der Waals surface area (Å²) in [5.74, 6) is -0.0619. The van der Waals surface area contributed by atoms with Crippen LogP contribution in [0.25, 0.3) is 0 Å². The predicted molar refractivity (Wildman–Crippen MR) is 121 cm³/mol. The molecule has 8 heteroatoms. The molecule has 1 spiro atoms. The molecule has 1 saturated carbocycles. The van der Waals surface area contributed by atoms with Gasteiger partial charge in [0.05, 0.1) is 6.04 Å². The Balaban J connectivity index is 1.46. The minimum absolute atomic E-state index is 0.277. The lowest BCUT2D eigenvalue weighted by molar-refractivity contribution is -0.136. The Bertz CT molecular complexity index is 953. The van der Waals surface area contributed by atoms with Crippen LogP contribution < -0.4 is 10.6 Å². The molecular weight excluding hydrogens is 434 g/mol. The summed E-state index contributed by atoms with van der Waals surface area (Å²) in [6.45, 7) is 1.86. The van der Waals surface area contributed by atoms with Crippen molar-refractivity contribution in [1.82, 2.24) is 15.5 Å². The van der Waals surface area contributed by atoms with Crippen LogP contribution in [0.5, 0.6) is 0 Å². The summed E-state index contributed by atoms with van der Waals surface area (Å²) in [7, 11) is 0. The highest BCUT2D eigenvalue weighted by atomic mass is 35.5. The van der Waals surface area contributed by atoms with Crippen LogP contribution in [0.1, 0.15) is 56.2 Å². The van der Waals surface area contributed by atoms with Crippen LogP contribution >= 0.6 is 22.9 Å². The van der Waals surface area contributed by atoms with Gasteiger partial charge in [-0.3, -0.25) is 14.5 Å². The number of urea groups is 1. The lowest BCUT2D eigenvalue weighted by atomic mass is 9.75. The van der Waals surface area contributed by atoms with Gasteiger partial charge >= 0.3 is 6.03 Å². The van der Waals surface area contributed by atoms with Crippen molar-refractivity contribution in [2.24, 2.45) is 5.92 Å². The van der Waals surface area contributed by atoms with Crippen molar-refractivity contribution in [3.05, 3.63) is 57.2 Å². The topological polar surface area (TPSA) is 78.5 Å². The molecule has 1 aliphatic carbocycles. The quantitative estimate of drug-likeness (QED) is 0.624. The van der Waals surface area contributed by atoms with Crippen molar-refractivity contribution in [3.8, 4) is 0 Å². The largest absolute Gasteiger partial charge is 0.344 e. The highest BCUT2D eigenvalue weighted by molar-refractivity contribution is 7.08. The molecule has 1 aromatic carbocycles. The Hall–Kier alpha value is -2.38. The van der Waals surface area contributed by atoms with E-state index in [-0.39, 0.29) is 24.4 Å². The summed E-state index contributed by atoms with van der Waals surface area (Å²) in [6, 6.07) is 8.35. The summed E-state index contributed by atoms with van der Waals surface area (Å²) >= 11 is 7.54. The first-order valence-corrected chi connectivity index (χ1v) is 11.9. The van der Waals surface area contributed by atoms with Gasteiger partial charge in [-0.2, -0.15) is 11.3 Å². The molecule has 2 aliphatic rings. The number of hydrogen-bond acceptors (Lipinski definition) is 4. The molecular formula is C23H26ClN3O3S. The van der Waals surface area contributed by atoms with Crippen molar-refractivity contribution in [3.63, 3.8) is 0 Å². The van der Waals surface area contributed by atoms with Gasteiger partial charge in [0.2, 0.25) is 5.91 Å². The minimum Gasteiger partial charge on any atom is -0.344 e. The Morgan fingerprint density at radius 3 is 2.55 bits per heavy atom. The minimum atomic E-state index is -0.841. The van der Waals surface area contributed by atoms with Gasteiger partial charge in [0.15, 0.2) is 0 Å². The van der Waals surface area contributed by atoms with Gasteiger partial charge in [0.1, 0.15) is 12.1 Å². The molecule has 31 heavy (non-hydrogen) atoms. The molecule has 2 fully saturated rings. The first kappa shape index (κ1) is 21.8. The fourth-order valence-corrected chi connectivity index (χ4v) is 5.35. The number of imide groups is 1. The third kappa shape index (κ3) is 4.48. The normalized spacial score (nSPS) is 24.3. The van der Waals surface area contributed by atoms with Crippen LogP contribution in [0.2, 0.25) is 5.02 Å². The van der Waals surface area contributed by atoms with Crippen LogP contribution in [0.3, 0.4) is 0 Å². The Kier molecular flexibility index (Phi) is 6.34. The van der Waals surface area contributed by atoms with E-state index < -0.39 is 11.6 Å². The second-order valence-electron chi connectivity index (χ2n) is 8.36.